The number of hydrogen-bond acceptors (Lipinski definition) is 4. The number of rotatable bonds is 5. The van der Waals surface area contributed by atoms with E-state index < -0.39 is 0 Å². The van der Waals surface area contributed by atoms with Gasteiger partial charge in [-0.15, -0.1) is 0 Å². The largest absolute Gasteiger partial charge is 0.383 e. The quantitative estimate of drug-likeness (QED) is 0.818. The minimum Gasteiger partial charge on any atom is -0.383 e. The summed E-state index contributed by atoms with van der Waals surface area (Å²) in [7, 11) is 0. The third kappa shape index (κ3) is 2.28. The SMILES string of the molecule is CCCCCCn1cc(C#N)c2c(N)ncnc21. The summed E-state index contributed by atoms with van der Waals surface area (Å²) in [5, 5.41) is 9.78. The van der Waals surface area contributed by atoms with Gasteiger partial charge in [0.1, 0.15) is 23.9 Å². The van der Waals surface area contributed by atoms with Gasteiger partial charge in [0.2, 0.25) is 0 Å². The van der Waals surface area contributed by atoms with Crippen molar-refractivity contribution in [2.24, 2.45) is 0 Å². The minimum atomic E-state index is 0.379. The highest BCUT2D eigenvalue weighted by molar-refractivity contribution is 5.91. The zero-order valence-corrected chi connectivity index (χ0v) is 10.6. The smallest absolute Gasteiger partial charge is 0.146 e. The number of nitrogens with two attached hydrogens (primary N) is 1. The van der Waals surface area contributed by atoms with Crippen molar-refractivity contribution >= 4 is 16.9 Å². The summed E-state index contributed by atoms with van der Waals surface area (Å²) in [5.41, 5.74) is 7.12. The molecule has 0 aliphatic rings. The molecule has 5 heteroatoms. The predicted octanol–water partition coefficient (Wildman–Crippen LogP) is 2.47. The molecule has 2 N–H and O–H groups in total. The monoisotopic (exact) mass is 243 g/mol. The number of nitrogen functional groups attached to an aromatic ring is 1. The lowest BCUT2D eigenvalue weighted by Crippen LogP contribution is -1.99. The Hall–Kier alpha value is -2.09. The van der Waals surface area contributed by atoms with Gasteiger partial charge < -0.3 is 10.3 Å². The van der Waals surface area contributed by atoms with Gasteiger partial charge in [0.05, 0.1) is 10.9 Å². The molecule has 2 rings (SSSR count). The molecule has 5 nitrogen and oxygen atoms in total. The van der Waals surface area contributed by atoms with E-state index in [0.29, 0.717) is 16.8 Å². The van der Waals surface area contributed by atoms with Gasteiger partial charge in [0, 0.05) is 12.7 Å². The van der Waals surface area contributed by atoms with Gasteiger partial charge >= 0.3 is 0 Å². The number of fused-ring (bicyclic) bond motifs is 1. The highest BCUT2D eigenvalue weighted by Gasteiger charge is 2.12. The summed E-state index contributed by atoms with van der Waals surface area (Å²) in [6, 6.07) is 2.15. The van der Waals surface area contributed by atoms with Crippen molar-refractivity contribution in [3.8, 4) is 6.07 Å². The molecular weight excluding hydrogens is 226 g/mol. The average molecular weight is 243 g/mol. The zero-order chi connectivity index (χ0) is 13.0. The third-order valence-electron chi connectivity index (χ3n) is 3.06. The first kappa shape index (κ1) is 12.4. The molecular formula is C13H17N5. The van der Waals surface area contributed by atoms with Gasteiger partial charge in [0.25, 0.3) is 0 Å². The highest BCUT2D eigenvalue weighted by Crippen LogP contribution is 2.23. The maximum Gasteiger partial charge on any atom is 0.146 e. The van der Waals surface area contributed by atoms with Gasteiger partial charge in [-0.25, -0.2) is 9.97 Å². The molecule has 0 aliphatic carbocycles. The number of aromatic nitrogens is 3. The molecule has 0 aliphatic heterocycles. The lowest BCUT2D eigenvalue weighted by Gasteiger charge is -2.04. The van der Waals surface area contributed by atoms with Crippen LogP contribution in [0.2, 0.25) is 0 Å². The van der Waals surface area contributed by atoms with Crippen LogP contribution in [0, 0.1) is 11.3 Å². The lowest BCUT2D eigenvalue weighted by molar-refractivity contribution is 0.591. The van der Waals surface area contributed by atoms with E-state index in [1.165, 1.54) is 25.6 Å². The Balaban J connectivity index is 2.29. The summed E-state index contributed by atoms with van der Waals surface area (Å²) in [4.78, 5) is 8.17. The van der Waals surface area contributed by atoms with E-state index in [2.05, 4.69) is 23.0 Å². The second kappa shape index (κ2) is 5.50. The summed E-state index contributed by atoms with van der Waals surface area (Å²) in [5.74, 6) is 0.379. The second-order valence-electron chi connectivity index (χ2n) is 4.37. The van der Waals surface area contributed by atoms with Gasteiger partial charge in [-0.05, 0) is 6.42 Å². The Labute approximate surface area is 106 Å². The topological polar surface area (TPSA) is 80.5 Å². The lowest BCUT2D eigenvalue weighted by atomic mass is 10.2. The molecule has 94 valence electrons. The van der Waals surface area contributed by atoms with Crippen LogP contribution in [0.4, 0.5) is 5.82 Å². The van der Waals surface area contributed by atoms with E-state index in [1.807, 2.05) is 10.8 Å². The number of nitrogens with zero attached hydrogens (tertiary/aromatic N) is 4. The second-order valence-corrected chi connectivity index (χ2v) is 4.37. The molecule has 2 aromatic rings. The van der Waals surface area contributed by atoms with Crippen LogP contribution < -0.4 is 5.73 Å². The fourth-order valence-corrected chi connectivity index (χ4v) is 2.11. The van der Waals surface area contributed by atoms with E-state index in [4.69, 9.17) is 11.0 Å². The molecule has 18 heavy (non-hydrogen) atoms. The Kier molecular flexibility index (Phi) is 3.78. The molecule has 0 aromatic carbocycles. The summed E-state index contributed by atoms with van der Waals surface area (Å²) >= 11 is 0. The van der Waals surface area contributed by atoms with E-state index in [1.54, 1.807) is 0 Å². The Morgan fingerprint density at radius 3 is 2.89 bits per heavy atom. The van der Waals surface area contributed by atoms with Crippen molar-refractivity contribution in [1.82, 2.24) is 14.5 Å². The summed E-state index contributed by atoms with van der Waals surface area (Å²) < 4.78 is 2.00. The van der Waals surface area contributed by atoms with Crippen molar-refractivity contribution in [2.75, 3.05) is 5.73 Å². The first-order chi connectivity index (χ1) is 8.77. The summed E-state index contributed by atoms with van der Waals surface area (Å²) in [6.07, 6.45) is 8.00. The molecule has 0 fully saturated rings. The van der Waals surface area contributed by atoms with E-state index >= 15 is 0 Å². The molecule has 2 aromatic heterocycles. The van der Waals surface area contributed by atoms with E-state index in [-0.39, 0.29) is 0 Å². The zero-order valence-electron chi connectivity index (χ0n) is 10.6. The van der Waals surface area contributed by atoms with Crippen LogP contribution in [0.5, 0.6) is 0 Å². The minimum absolute atomic E-state index is 0.379. The maximum absolute atomic E-state index is 9.11. The van der Waals surface area contributed by atoms with Crippen LogP contribution in [-0.4, -0.2) is 14.5 Å². The van der Waals surface area contributed by atoms with Crippen LogP contribution in [0.1, 0.15) is 38.2 Å². The number of hydrogen-bond donors (Lipinski definition) is 1. The average Bonchev–Trinajstić information content (AvgIpc) is 2.74. The van der Waals surface area contributed by atoms with Crippen molar-refractivity contribution in [3.63, 3.8) is 0 Å². The van der Waals surface area contributed by atoms with Gasteiger partial charge in [-0.2, -0.15) is 5.26 Å². The van der Waals surface area contributed by atoms with Crippen LogP contribution >= 0.6 is 0 Å². The molecule has 0 spiro atoms. The van der Waals surface area contributed by atoms with Crippen molar-refractivity contribution in [3.05, 3.63) is 18.1 Å². The number of nitriles is 1. The van der Waals surface area contributed by atoms with Crippen molar-refractivity contribution < 1.29 is 0 Å². The molecule has 0 radical (unpaired) electrons. The van der Waals surface area contributed by atoms with Crippen LogP contribution in [-0.2, 0) is 6.54 Å². The van der Waals surface area contributed by atoms with Gasteiger partial charge in [0.15, 0.2) is 0 Å². The Morgan fingerprint density at radius 2 is 2.17 bits per heavy atom. The van der Waals surface area contributed by atoms with Crippen LogP contribution in [0.3, 0.4) is 0 Å². The first-order valence-electron chi connectivity index (χ1n) is 6.27. The highest BCUT2D eigenvalue weighted by atomic mass is 15.1. The normalized spacial score (nSPS) is 10.7. The van der Waals surface area contributed by atoms with Crippen LogP contribution in [0.15, 0.2) is 12.5 Å². The fraction of sp³-hybridized carbons (Fsp3) is 0.462. The van der Waals surface area contributed by atoms with Gasteiger partial charge in [-0.3, -0.25) is 0 Å². The van der Waals surface area contributed by atoms with Crippen molar-refractivity contribution in [1.29, 1.82) is 5.26 Å². The van der Waals surface area contributed by atoms with Crippen LogP contribution in [0.25, 0.3) is 11.0 Å². The number of aryl methyl sites for hydroxylation is 1. The standard InChI is InChI=1S/C13H17N5/c1-2-3-4-5-6-18-8-10(7-14)11-12(15)16-9-17-13(11)18/h8-9H,2-6H2,1H3,(H2,15,16,17). The van der Waals surface area contributed by atoms with E-state index in [9.17, 15) is 0 Å². The first-order valence-corrected chi connectivity index (χ1v) is 6.27. The predicted molar refractivity (Wildman–Crippen MR) is 70.8 cm³/mol. The molecule has 0 bridgehead atoms. The third-order valence-corrected chi connectivity index (χ3v) is 3.06. The van der Waals surface area contributed by atoms with Crippen molar-refractivity contribution in [2.45, 2.75) is 39.2 Å². The summed E-state index contributed by atoms with van der Waals surface area (Å²) in [6.45, 7) is 3.06. The molecule has 0 atom stereocenters. The molecule has 0 saturated heterocycles. The molecule has 2 heterocycles. The molecule has 0 amide bonds. The molecule has 0 saturated carbocycles. The number of unbranched alkanes of at least 4 members (excludes halogenated alkanes) is 3. The Morgan fingerprint density at radius 1 is 1.33 bits per heavy atom. The van der Waals surface area contributed by atoms with E-state index in [0.717, 1.165) is 18.6 Å². The fourth-order valence-electron chi connectivity index (χ4n) is 2.11. The molecule has 0 unspecified atom stereocenters. The van der Waals surface area contributed by atoms with Gasteiger partial charge in [-0.1, -0.05) is 26.2 Å². The Bertz CT molecular complexity index is 579. The maximum atomic E-state index is 9.11. The number of anilines is 1.